The molecule has 0 amide bonds. The molecular formula is C19H18N4O4S. The fourth-order valence-electron chi connectivity index (χ4n) is 2.52. The highest BCUT2D eigenvalue weighted by atomic mass is 32.2. The molecule has 0 saturated carbocycles. The van der Waals surface area contributed by atoms with Crippen LogP contribution in [0, 0.1) is 11.3 Å². The Morgan fingerprint density at radius 3 is 2.54 bits per heavy atom. The number of sulfonamides is 1. The third-order valence-corrected chi connectivity index (χ3v) is 5.87. The third-order valence-electron chi connectivity index (χ3n) is 4.11. The zero-order chi connectivity index (χ0) is 20.1. The summed E-state index contributed by atoms with van der Waals surface area (Å²) in [5.74, 6) is 0.878. The van der Waals surface area contributed by atoms with Gasteiger partial charge in [0.05, 0.1) is 31.0 Å². The standard InChI is InChI=1S/C19H18N4O4S/c1-23(28(24,25)13-16-6-4-3-5-15(16)11-20)12-18-21-22-19(27-18)14-7-9-17(26-2)10-8-14/h3-10H,12-13H2,1-2H3. The van der Waals surface area contributed by atoms with Crippen molar-refractivity contribution in [3.63, 3.8) is 0 Å². The first kappa shape index (κ1) is 19.5. The van der Waals surface area contributed by atoms with E-state index in [9.17, 15) is 8.42 Å². The molecule has 0 aliphatic carbocycles. The first-order chi connectivity index (χ1) is 13.4. The molecule has 1 heterocycles. The molecule has 0 spiro atoms. The van der Waals surface area contributed by atoms with E-state index in [1.165, 1.54) is 7.05 Å². The van der Waals surface area contributed by atoms with E-state index in [1.807, 2.05) is 6.07 Å². The second-order valence-electron chi connectivity index (χ2n) is 6.01. The van der Waals surface area contributed by atoms with E-state index in [0.717, 1.165) is 4.31 Å². The molecule has 0 unspecified atom stereocenters. The van der Waals surface area contributed by atoms with Crippen LogP contribution in [-0.4, -0.2) is 37.1 Å². The molecule has 3 aromatic rings. The Balaban J connectivity index is 1.72. The quantitative estimate of drug-likeness (QED) is 0.601. The highest BCUT2D eigenvalue weighted by Gasteiger charge is 2.22. The van der Waals surface area contributed by atoms with Gasteiger partial charge in [0.2, 0.25) is 21.8 Å². The largest absolute Gasteiger partial charge is 0.497 e. The van der Waals surface area contributed by atoms with Crippen LogP contribution in [0.15, 0.2) is 52.9 Å². The zero-order valence-electron chi connectivity index (χ0n) is 15.4. The molecular weight excluding hydrogens is 380 g/mol. The van der Waals surface area contributed by atoms with E-state index in [4.69, 9.17) is 14.4 Å². The SMILES string of the molecule is COc1ccc(-c2nnc(CN(C)S(=O)(=O)Cc3ccccc3C#N)o2)cc1. The number of hydrogen-bond acceptors (Lipinski definition) is 7. The van der Waals surface area contributed by atoms with Crippen LogP contribution in [0.25, 0.3) is 11.5 Å². The van der Waals surface area contributed by atoms with Crippen molar-refractivity contribution in [2.45, 2.75) is 12.3 Å². The monoisotopic (exact) mass is 398 g/mol. The minimum atomic E-state index is -3.67. The number of nitrogens with zero attached hydrogens (tertiary/aromatic N) is 4. The first-order valence-electron chi connectivity index (χ1n) is 8.32. The number of nitriles is 1. The minimum Gasteiger partial charge on any atom is -0.497 e. The molecule has 2 aromatic carbocycles. The predicted octanol–water partition coefficient (Wildman–Crippen LogP) is 2.58. The van der Waals surface area contributed by atoms with Crippen molar-refractivity contribution in [1.82, 2.24) is 14.5 Å². The van der Waals surface area contributed by atoms with Crippen molar-refractivity contribution >= 4 is 10.0 Å². The Bertz CT molecular complexity index is 1100. The first-order valence-corrected chi connectivity index (χ1v) is 9.92. The molecule has 9 heteroatoms. The zero-order valence-corrected chi connectivity index (χ0v) is 16.2. The summed E-state index contributed by atoms with van der Waals surface area (Å²) in [4.78, 5) is 0. The minimum absolute atomic E-state index is 0.0692. The Labute approximate surface area is 163 Å². The van der Waals surface area contributed by atoms with E-state index < -0.39 is 10.0 Å². The van der Waals surface area contributed by atoms with Gasteiger partial charge in [0.25, 0.3) is 0 Å². The molecule has 0 bridgehead atoms. The van der Waals surface area contributed by atoms with Crippen molar-refractivity contribution in [1.29, 1.82) is 5.26 Å². The Hall–Kier alpha value is -3.22. The fraction of sp³-hybridized carbons (Fsp3) is 0.211. The molecule has 0 radical (unpaired) electrons. The molecule has 0 aliphatic rings. The Morgan fingerprint density at radius 1 is 1.14 bits per heavy atom. The summed E-state index contributed by atoms with van der Waals surface area (Å²) in [6, 6.07) is 15.7. The maximum Gasteiger partial charge on any atom is 0.247 e. The molecule has 1 aromatic heterocycles. The van der Waals surface area contributed by atoms with Crippen molar-refractivity contribution in [3.05, 3.63) is 65.5 Å². The van der Waals surface area contributed by atoms with Gasteiger partial charge in [-0.2, -0.15) is 9.57 Å². The lowest BCUT2D eigenvalue weighted by molar-refractivity contribution is 0.399. The average molecular weight is 398 g/mol. The highest BCUT2D eigenvalue weighted by molar-refractivity contribution is 7.88. The van der Waals surface area contributed by atoms with Crippen LogP contribution >= 0.6 is 0 Å². The number of methoxy groups -OCH3 is 1. The number of benzene rings is 2. The van der Waals surface area contributed by atoms with Crippen LogP contribution in [0.1, 0.15) is 17.0 Å². The highest BCUT2D eigenvalue weighted by Crippen LogP contribution is 2.22. The Kier molecular flexibility index (Phi) is 5.73. The molecule has 0 saturated heterocycles. The maximum atomic E-state index is 12.6. The van der Waals surface area contributed by atoms with Gasteiger partial charge in [0.15, 0.2) is 0 Å². The normalized spacial score (nSPS) is 11.4. The molecule has 144 valence electrons. The van der Waals surface area contributed by atoms with E-state index in [0.29, 0.717) is 28.3 Å². The van der Waals surface area contributed by atoms with Gasteiger partial charge in [-0.1, -0.05) is 18.2 Å². The molecule has 0 aliphatic heterocycles. The van der Waals surface area contributed by atoms with Crippen molar-refractivity contribution < 1.29 is 17.6 Å². The lowest BCUT2D eigenvalue weighted by Crippen LogP contribution is -2.28. The number of aromatic nitrogens is 2. The molecule has 0 atom stereocenters. The van der Waals surface area contributed by atoms with Gasteiger partial charge in [0, 0.05) is 12.6 Å². The number of hydrogen-bond donors (Lipinski definition) is 0. The second kappa shape index (κ2) is 8.21. The van der Waals surface area contributed by atoms with Crippen LogP contribution in [0.2, 0.25) is 0 Å². The van der Waals surface area contributed by atoms with Crippen LogP contribution in [0.5, 0.6) is 5.75 Å². The van der Waals surface area contributed by atoms with E-state index in [2.05, 4.69) is 10.2 Å². The summed E-state index contributed by atoms with van der Waals surface area (Å²) in [6.45, 7) is -0.0692. The van der Waals surface area contributed by atoms with E-state index in [-0.39, 0.29) is 18.2 Å². The van der Waals surface area contributed by atoms with Crippen LogP contribution in [-0.2, 0) is 22.3 Å². The van der Waals surface area contributed by atoms with Crippen LogP contribution in [0.4, 0.5) is 0 Å². The van der Waals surface area contributed by atoms with Crippen molar-refractivity contribution in [2.24, 2.45) is 0 Å². The molecule has 3 rings (SSSR count). The van der Waals surface area contributed by atoms with Gasteiger partial charge in [-0.25, -0.2) is 8.42 Å². The summed E-state index contributed by atoms with van der Waals surface area (Å²) in [7, 11) is -0.664. The van der Waals surface area contributed by atoms with Crippen LogP contribution in [0.3, 0.4) is 0 Å². The third kappa shape index (κ3) is 4.36. The summed E-state index contributed by atoms with van der Waals surface area (Å²) in [5.41, 5.74) is 1.48. The van der Waals surface area contributed by atoms with E-state index in [1.54, 1.807) is 55.6 Å². The topological polar surface area (TPSA) is 109 Å². The molecule has 0 fully saturated rings. The second-order valence-corrected chi connectivity index (χ2v) is 8.09. The van der Waals surface area contributed by atoms with E-state index >= 15 is 0 Å². The van der Waals surface area contributed by atoms with Gasteiger partial charge in [0.1, 0.15) is 5.75 Å². The van der Waals surface area contributed by atoms with Crippen molar-refractivity contribution in [3.8, 4) is 23.3 Å². The smallest absolute Gasteiger partial charge is 0.247 e. The lowest BCUT2D eigenvalue weighted by Gasteiger charge is -2.15. The molecule has 8 nitrogen and oxygen atoms in total. The number of rotatable bonds is 7. The Morgan fingerprint density at radius 2 is 1.86 bits per heavy atom. The van der Waals surface area contributed by atoms with Crippen LogP contribution < -0.4 is 4.74 Å². The fourth-order valence-corrected chi connectivity index (χ4v) is 3.69. The summed E-state index contributed by atoms with van der Waals surface area (Å²) < 4.78 is 37.1. The molecule has 28 heavy (non-hydrogen) atoms. The van der Waals surface area contributed by atoms with Crippen molar-refractivity contribution in [2.75, 3.05) is 14.2 Å². The molecule has 0 N–H and O–H groups in total. The maximum absolute atomic E-state index is 12.6. The summed E-state index contributed by atoms with van der Waals surface area (Å²) >= 11 is 0. The predicted molar refractivity (Wildman–Crippen MR) is 102 cm³/mol. The van der Waals surface area contributed by atoms with Gasteiger partial charge in [-0.05, 0) is 35.9 Å². The van der Waals surface area contributed by atoms with Gasteiger partial charge >= 0.3 is 0 Å². The summed E-state index contributed by atoms with van der Waals surface area (Å²) in [6.07, 6.45) is 0. The van der Waals surface area contributed by atoms with Gasteiger partial charge < -0.3 is 9.15 Å². The van der Waals surface area contributed by atoms with Gasteiger partial charge in [-0.15, -0.1) is 10.2 Å². The summed E-state index contributed by atoms with van der Waals surface area (Å²) in [5, 5.41) is 17.0. The average Bonchev–Trinajstić information content (AvgIpc) is 3.16. The lowest BCUT2D eigenvalue weighted by atomic mass is 10.1. The van der Waals surface area contributed by atoms with Gasteiger partial charge in [-0.3, -0.25) is 0 Å². The number of ether oxygens (including phenoxy) is 1.